The molecule has 0 aromatic heterocycles. The number of carboxylic acid groups (broad SMARTS) is 1. The van der Waals surface area contributed by atoms with Crippen LogP contribution in [-0.2, 0) is 22.7 Å². The molecule has 42 heavy (non-hydrogen) atoms. The molecule has 208 valence electrons. The van der Waals surface area contributed by atoms with Gasteiger partial charge < -0.3 is 5.11 Å². The van der Waals surface area contributed by atoms with E-state index < -0.39 is 11.4 Å². The van der Waals surface area contributed by atoms with E-state index in [1.54, 1.807) is 24.3 Å². The summed E-state index contributed by atoms with van der Waals surface area (Å²) in [6.07, 6.45) is 0. The molecule has 5 rings (SSSR count). The highest BCUT2D eigenvalue weighted by Gasteiger charge is 2.38. The lowest BCUT2D eigenvalue weighted by Gasteiger charge is -2.37. The van der Waals surface area contributed by atoms with Crippen molar-refractivity contribution in [1.29, 1.82) is 0 Å². The molecule has 0 fully saturated rings. The molecule has 0 spiro atoms. The summed E-state index contributed by atoms with van der Waals surface area (Å²) in [5, 5.41) is 9.15. The molecule has 2 nitrogen and oxygen atoms in total. The Labute approximate surface area is 264 Å². The van der Waals surface area contributed by atoms with Crippen LogP contribution in [0.1, 0.15) is 60.4 Å². The second-order valence-corrected chi connectivity index (χ2v) is 11.0. The Morgan fingerprint density at radius 3 is 1.07 bits per heavy atom. The fourth-order valence-corrected chi connectivity index (χ4v) is 5.86. The highest BCUT2D eigenvalue weighted by Crippen LogP contribution is 2.45. The number of aromatic carboxylic acids is 1. The van der Waals surface area contributed by atoms with Gasteiger partial charge in [0.25, 0.3) is 0 Å². The van der Waals surface area contributed by atoms with Crippen LogP contribution in [0.2, 0.25) is 0 Å². The number of hydrogen-bond donors (Lipinski definition) is 4. The summed E-state index contributed by atoms with van der Waals surface area (Å²) in [5.74, 6) is 7.45. The number of carbonyl (C=O) groups is 1. The van der Waals surface area contributed by atoms with Crippen molar-refractivity contribution >= 4 is 43.9 Å². The molecule has 0 unspecified atom stereocenters. The molecule has 0 saturated heterocycles. The Kier molecular flexibility index (Phi) is 9.49. The Morgan fingerprint density at radius 1 is 0.500 bits per heavy atom. The first kappa shape index (κ1) is 29.7. The zero-order valence-electron chi connectivity index (χ0n) is 22.9. The summed E-state index contributed by atoms with van der Waals surface area (Å²) in [4.78, 5) is 11.2. The Morgan fingerprint density at radius 2 is 0.786 bits per heavy atom. The van der Waals surface area contributed by atoms with E-state index in [0.29, 0.717) is 17.3 Å². The maximum Gasteiger partial charge on any atom is 0.335 e. The minimum atomic E-state index is -0.950. The molecular weight excluding hydrogens is 573 g/mol. The van der Waals surface area contributed by atoms with E-state index in [-0.39, 0.29) is 5.56 Å². The Hall–Kier alpha value is -3.82. The first-order valence-electron chi connectivity index (χ1n) is 13.5. The van der Waals surface area contributed by atoms with Gasteiger partial charge in [-0.15, -0.1) is 0 Å². The minimum absolute atomic E-state index is 0.244. The van der Waals surface area contributed by atoms with Gasteiger partial charge in [-0.3, -0.25) is 0 Å². The van der Waals surface area contributed by atoms with E-state index in [4.69, 9.17) is 5.11 Å². The van der Waals surface area contributed by atoms with Gasteiger partial charge in [-0.25, -0.2) is 4.79 Å². The predicted molar refractivity (Wildman–Crippen MR) is 182 cm³/mol. The lowest BCUT2D eigenvalue weighted by Crippen LogP contribution is -2.31. The Balaban J connectivity index is 1.66. The number of rotatable bonds is 8. The number of thiol groups is 3. The van der Waals surface area contributed by atoms with Gasteiger partial charge in [0.2, 0.25) is 0 Å². The van der Waals surface area contributed by atoms with Crippen molar-refractivity contribution in [1.82, 2.24) is 0 Å². The summed E-state index contributed by atoms with van der Waals surface area (Å²) >= 11 is 13.5. The molecule has 0 atom stereocenters. The summed E-state index contributed by atoms with van der Waals surface area (Å²) in [7, 11) is 0. The van der Waals surface area contributed by atoms with Crippen molar-refractivity contribution in [2.75, 3.05) is 0 Å². The zero-order chi connectivity index (χ0) is 29.5. The monoisotopic (exact) mass is 602 g/mol. The molecule has 0 aliphatic heterocycles. The minimum Gasteiger partial charge on any atom is -0.478 e. The maximum absolute atomic E-state index is 11.2. The van der Waals surface area contributed by atoms with E-state index in [1.165, 1.54) is 0 Å². The molecule has 0 aliphatic rings. The molecule has 0 aliphatic carbocycles. The third kappa shape index (κ3) is 6.17. The van der Waals surface area contributed by atoms with Crippen LogP contribution in [0.15, 0.2) is 121 Å². The van der Waals surface area contributed by atoms with Crippen LogP contribution in [0, 0.1) is 11.8 Å². The van der Waals surface area contributed by atoms with Crippen LogP contribution >= 0.6 is 37.9 Å². The van der Waals surface area contributed by atoms with E-state index in [2.05, 4.69) is 147 Å². The maximum atomic E-state index is 11.2. The average Bonchev–Trinajstić information content (AvgIpc) is 3.05. The van der Waals surface area contributed by atoms with Crippen molar-refractivity contribution in [3.05, 3.63) is 177 Å². The van der Waals surface area contributed by atoms with Crippen molar-refractivity contribution < 1.29 is 9.90 Å². The smallest absolute Gasteiger partial charge is 0.335 e. The van der Waals surface area contributed by atoms with Gasteiger partial charge in [0, 0.05) is 28.4 Å². The summed E-state index contributed by atoms with van der Waals surface area (Å²) in [5.41, 5.74) is 9.36. The van der Waals surface area contributed by atoms with Crippen molar-refractivity contribution in [2.24, 2.45) is 0 Å². The van der Waals surface area contributed by atoms with Crippen molar-refractivity contribution in [3.8, 4) is 11.8 Å². The summed E-state index contributed by atoms with van der Waals surface area (Å²) < 4.78 is 0. The molecule has 5 aromatic rings. The molecule has 5 aromatic carbocycles. The third-order valence-electron chi connectivity index (χ3n) is 7.51. The van der Waals surface area contributed by atoms with Gasteiger partial charge in [-0.1, -0.05) is 96.8 Å². The number of hydrogen-bond acceptors (Lipinski definition) is 4. The average molecular weight is 603 g/mol. The van der Waals surface area contributed by atoms with Crippen LogP contribution in [0.3, 0.4) is 0 Å². The van der Waals surface area contributed by atoms with Gasteiger partial charge in [0.05, 0.1) is 11.0 Å². The van der Waals surface area contributed by atoms with Crippen LogP contribution in [0.5, 0.6) is 0 Å². The lowest BCUT2D eigenvalue weighted by atomic mass is 9.65. The molecule has 0 radical (unpaired) electrons. The molecule has 0 amide bonds. The fraction of sp³-hybridized carbons (Fsp3) is 0.108. The lowest BCUT2D eigenvalue weighted by molar-refractivity contribution is 0.0697. The van der Waals surface area contributed by atoms with Gasteiger partial charge in [-0.05, 0) is 75.3 Å². The van der Waals surface area contributed by atoms with E-state index >= 15 is 0 Å². The molecule has 1 N–H and O–H groups in total. The molecule has 0 bridgehead atoms. The highest BCUT2D eigenvalue weighted by molar-refractivity contribution is 7.79. The zero-order valence-corrected chi connectivity index (χ0v) is 25.5. The normalized spacial score (nSPS) is 11.0. The van der Waals surface area contributed by atoms with Crippen molar-refractivity contribution in [3.63, 3.8) is 0 Å². The summed E-state index contributed by atoms with van der Waals surface area (Å²) in [6.45, 7) is 0. The SMILES string of the molecule is O=C(O)c1ccc(C#Cc2ccc(C(c3ccc(CS)cc3)(c3ccc(CS)cc3)c3ccc(CS)cc3)cc2)cc1. The van der Waals surface area contributed by atoms with Gasteiger partial charge in [-0.2, -0.15) is 37.9 Å². The van der Waals surface area contributed by atoms with E-state index in [1.807, 2.05) is 0 Å². The first-order chi connectivity index (χ1) is 20.5. The van der Waals surface area contributed by atoms with E-state index in [0.717, 1.165) is 50.1 Å². The van der Waals surface area contributed by atoms with Crippen LogP contribution in [0.25, 0.3) is 0 Å². The largest absolute Gasteiger partial charge is 0.478 e. The molecule has 0 heterocycles. The second kappa shape index (κ2) is 13.4. The molecule has 0 saturated carbocycles. The second-order valence-electron chi connectivity index (χ2n) is 10.0. The topological polar surface area (TPSA) is 37.3 Å². The van der Waals surface area contributed by atoms with Gasteiger partial charge in [0.15, 0.2) is 0 Å². The standard InChI is InChI=1S/C37H30O2S3/c38-36(39)31-13-3-26(4-14-31)1-2-27-5-15-32(16-6-27)37(33-17-7-28(23-40)8-18-33,34-19-9-29(24-41)10-20-34)35-21-11-30(25-42)12-22-35/h3-22,40-42H,23-25H2,(H,38,39). The Bertz CT molecular complexity index is 1600. The number of benzene rings is 5. The van der Waals surface area contributed by atoms with Crippen LogP contribution in [0.4, 0.5) is 0 Å². The molecular formula is C37H30O2S3. The van der Waals surface area contributed by atoms with Crippen LogP contribution in [-0.4, -0.2) is 11.1 Å². The van der Waals surface area contributed by atoms with Crippen molar-refractivity contribution in [2.45, 2.75) is 22.7 Å². The predicted octanol–water partition coefficient (Wildman–Crippen LogP) is 8.46. The number of carboxylic acids is 1. The first-order valence-corrected chi connectivity index (χ1v) is 15.4. The van der Waals surface area contributed by atoms with Crippen LogP contribution < -0.4 is 0 Å². The van der Waals surface area contributed by atoms with E-state index in [9.17, 15) is 4.79 Å². The fourth-order valence-electron chi connectivity index (χ4n) is 5.22. The summed E-state index contributed by atoms with van der Waals surface area (Å²) in [6, 6.07) is 41.2. The van der Waals surface area contributed by atoms with Gasteiger partial charge >= 0.3 is 5.97 Å². The highest BCUT2D eigenvalue weighted by atomic mass is 32.1. The van der Waals surface area contributed by atoms with Gasteiger partial charge in [0.1, 0.15) is 0 Å². The quantitative estimate of drug-likeness (QED) is 0.0817. The third-order valence-corrected chi connectivity index (χ3v) is 8.60. The molecule has 5 heteroatoms.